The Bertz CT molecular complexity index is 2090. The van der Waals surface area contributed by atoms with Crippen LogP contribution < -0.4 is 14.4 Å². The van der Waals surface area contributed by atoms with Crippen molar-refractivity contribution < 1.29 is 28.9 Å². The maximum Gasteiger partial charge on any atom is 0.264 e. The third-order valence-corrected chi connectivity index (χ3v) is 10.4. The van der Waals surface area contributed by atoms with Crippen molar-refractivity contribution in [1.29, 1.82) is 0 Å². The molecule has 4 aromatic carbocycles. The van der Waals surface area contributed by atoms with Gasteiger partial charge in [0, 0.05) is 66.5 Å². The number of nitrogens with zero attached hydrogens (tertiary/aromatic N) is 3. The van der Waals surface area contributed by atoms with E-state index >= 15 is 0 Å². The summed E-state index contributed by atoms with van der Waals surface area (Å²) >= 11 is 0. The van der Waals surface area contributed by atoms with Gasteiger partial charge in [-0.15, -0.1) is 0 Å². The van der Waals surface area contributed by atoms with Crippen LogP contribution in [0.1, 0.15) is 61.8 Å². The summed E-state index contributed by atoms with van der Waals surface area (Å²) in [6.45, 7) is 7.19. The predicted octanol–water partition coefficient (Wildman–Crippen LogP) is 6.94. The number of hydrogen-bond acceptors (Lipinski definition) is 7. The number of hydrogen-bond donors (Lipinski definition) is 2. The normalized spacial score (nSPS) is 17.4. The molecule has 2 atom stereocenters. The molecule has 5 aromatic rings. The molecule has 0 bridgehead atoms. The molecule has 52 heavy (non-hydrogen) atoms. The van der Waals surface area contributed by atoms with Crippen molar-refractivity contribution in [1.82, 2.24) is 14.8 Å². The third kappa shape index (κ3) is 6.51. The van der Waals surface area contributed by atoms with Crippen LogP contribution in [0.4, 0.5) is 11.4 Å². The van der Waals surface area contributed by atoms with E-state index in [1.54, 1.807) is 29.2 Å². The van der Waals surface area contributed by atoms with E-state index in [9.17, 15) is 14.7 Å². The molecule has 1 aromatic heterocycles. The molecule has 0 saturated carbocycles. The summed E-state index contributed by atoms with van der Waals surface area (Å²) in [5, 5.41) is 9.97. The molecular formula is C42H42N4O6. The number of ether oxygens (including phenoxy) is 3. The summed E-state index contributed by atoms with van der Waals surface area (Å²) in [7, 11) is 0. The minimum absolute atomic E-state index is 0.0169. The molecule has 1 unspecified atom stereocenters. The number of H-pyrrole nitrogens is 1. The van der Waals surface area contributed by atoms with E-state index in [4.69, 9.17) is 14.2 Å². The van der Waals surface area contributed by atoms with E-state index in [-0.39, 0.29) is 36.4 Å². The Labute approximate surface area is 303 Å². The second-order valence-corrected chi connectivity index (χ2v) is 13.7. The summed E-state index contributed by atoms with van der Waals surface area (Å²) in [4.78, 5) is 38.6. The lowest BCUT2D eigenvalue weighted by Gasteiger charge is -2.38. The summed E-state index contributed by atoms with van der Waals surface area (Å²) < 4.78 is 17.5. The number of carbonyl (C=O) groups is 2. The Balaban J connectivity index is 1.16. The Hall–Kier alpha value is -5.58. The lowest BCUT2D eigenvalue weighted by atomic mass is 9.91. The van der Waals surface area contributed by atoms with E-state index < -0.39 is 0 Å². The molecule has 1 fully saturated rings. The van der Waals surface area contributed by atoms with Crippen LogP contribution >= 0.6 is 0 Å². The Morgan fingerprint density at radius 1 is 0.865 bits per heavy atom. The molecule has 1 saturated heterocycles. The van der Waals surface area contributed by atoms with Gasteiger partial charge in [0.05, 0.1) is 18.8 Å². The van der Waals surface area contributed by atoms with Crippen LogP contribution in [0.15, 0.2) is 97.1 Å². The molecule has 0 spiro atoms. The van der Waals surface area contributed by atoms with Crippen molar-refractivity contribution in [3.63, 3.8) is 0 Å². The topological polar surface area (TPSA) is 108 Å². The molecule has 10 heteroatoms. The highest BCUT2D eigenvalue weighted by Crippen LogP contribution is 2.41. The number of amides is 2. The number of nitrogens with one attached hydrogen (secondary N) is 1. The van der Waals surface area contributed by atoms with Gasteiger partial charge in [-0.2, -0.15) is 0 Å². The maximum atomic E-state index is 14.7. The van der Waals surface area contributed by atoms with Crippen LogP contribution in [-0.4, -0.2) is 70.8 Å². The van der Waals surface area contributed by atoms with Crippen LogP contribution in [0.5, 0.6) is 17.2 Å². The number of anilines is 2. The molecule has 8 rings (SSSR count). The van der Waals surface area contributed by atoms with Gasteiger partial charge in [0.1, 0.15) is 5.75 Å². The molecule has 0 aliphatic carbocycles. The zero-order valence-corrected chi connectivity index (χ0v) is 29.4. The highest BCUT2D eigenvalue weighted by atomic mass is 16.7. The maximum absolute atomic E-state index is 14.7. The molecule has 2 amide bonds. The first-order chi connectivity index (χ1) is 25.3. The third-order valence-electron chi connectivity index (χ3n) is 10.4. The van der Waals surface area contributed by atoms with Crippen molar-refractivity contribution in [2.45, 2.75) is 45.3 Å². The van der Waals surface area contributed by atoms with Gasteiger partial charge in [0.25, 0.3) is 11.8 Å². The number of aromatic hydroxyl groups is 1. The summed E-state index contributed by atoms with van der Waals surface area (Å²) in [6, 6.07) is 30.0. The first kappa shape index (κ1) is 33.6. The summed E-state index contributed by atoms with van der Waals surface area (Å²) in [5.41, 5.74) is 7.39. The Kier molecular flexibility index (Phi) is 9.17. The van der Waals surface area contributed by atoms with Crippen LogP contribution in [0.25, 0.3) is 0 Å². The average molecular weight is 699 g/mol. The minimum atomic E-state index is -0.229. The van der Waals surface area contributed by atoms with Gasteiger partial charge < -0.3 is 29.2 Å². The number of aromatic amines is 1. The second kappa shape index (κ2) is 14.2. The predicted molar refractivity (Wildman–Crippen MR) is 197 cm³/mol. The molecule has 2 N–H and O–H groups in total. The number of para-hydroxylation sites is 1. The number of fused-ring (bicyclic) bond motifs is 2. The number of rotatable bonds is 8. The van der Waals surface area contributed by atoms with Crippen LogP contribution in [0.2, 0.25) is 0 Å². The number of morpholine rings is 1. The number of phenolic OH excluding ortho intramolecular Hbond substituents is 1. The van der Waals surface area contributed by atoms with Crippen LogP contribution in [0, 0.1) is 6.92 Å². The molecular weight excluding hydrogens is 656 g/mol. The monoisotopic (exact) mass is 698 g/mol. The Morgan fingerprint density at radius 2 is 1.54 bits per heavy atom. The van der Waals surface area contributed by atoms with E-state index in [0.717, 1.165) is 28.9 Å². The molecule has 266 valence electrons. The lowest BCUT2D eigenvalue weighted by molar-refractivity contribution is 0.0155. The second-order valence-electron chi connectivity index (χ2n) is 13.7. The number of benzene rings is 4. The van der Waals surface area contributed by atoms with Crippen molar-refractivity contribution in [2.75, 3.05) is 38.0 Å². The van der Waals surface area contributed by atoms with Crippen molar-refractivity contribution in [3.05, 3.63) is 136 Å². The van der Waals surface area contributed by atoms with Crippen LogP contribution in [0.3, 0.4) is 0 Å². The van der Waals surface area contributed by atoms with E-state index in [0.29, 0.717) is 73.3 Å². The van der Waals surface area contributed by atoms with Gasteiger partial charge in [0.15, 0.2) is 11.5 Å². The fourth-order valence-corrected chi connectivity index (χ4v) is 7.70. The largest absolute Gasteiger partial charge is 0.508 e. The number of aromatic nitrogens is 1. The molecule has 4 heterocycles. The van der Waals surface area contributed by atoms with Gasteiger partial charge in [-0.25, -0.2) is 0 Å². The van der Waals surface area contributed by atoms with Crippen molar-refractivity contribution in [2.24, 2.45) is 0 Å². The first-order valence-corrected chi connectivity index (χ1v) is 17.8. The molecule has 0 radical (unpaired) electrons. The van der Waals surface area contributed by atoms with Crippen LogP contribution in [-0.2, 0) is 24.1 Å². The summed E-state index contributed by atoms with van der Waals surface area (Å²) in [5.74, 6) is 1.07. The SMILES string of the molecule is Cc1[nH]c(CC(c2cc3c(cc2C(=O)N2Cc4ccccc4C[C@H]2C)OCO3)N2CCOCC2)cc1C(=O)N(c1ccccc1)c1ccc(O)cc1. The van der Waals surface area contributed by atoms with E-state index in [1.807, 2.05) is 66.4 Å². The standard InChI is InChI=1S/C42H42N4O6/c1-27-20-29-8-6-7-9-30(29)25-45(27)41(48)37-24-40-39(51-26-52-40)23-36(37)38(44-16-18-50-19-17-44)22-31-21-35(28(2)43-31)42(49)46(32-10-4-3-5-11-32)33-12-14-34(47)15-13-33/h3-15,21,23-24,27,38,43,47H,16-20,22,25-26H2,1-2H3/t27-,38?/m1/s1. The summed E-state index contributed by atoms with van der Waals surface area (Å²) in [6.07, 6.45) is 1.30. The fourth-order valence-electron chi connectivity index (χ4n) is 7.70. The first-order valence-electron chi connectivity index (χ1n) is 17.8. The highest BCUT2D eigenvalue weighted by molar-refractivity contribution is 6.11. The number of carbonyl (C=O) groups excluding carboxylic acids is 2. The van der Waals surface area contributed by atoms with Gasteiger partial charge in [-0.05, 0) is 91.6 Å². The lowest BCUT2D eigenvalue weighted by Crippen LogP contribution is -2.44. The Morgan fingerprint density at radius 3 is 2.29 bits per heavy atom. The van der Waals surface area contributed by atoms with Crippen molar-refractivity contribution in [3.8, 4) is 17.2 Å². The fraction of sp³-hybridized carbons (Fsp3) is 0.286. The van der Waals surface area contributed by atoms with Gasteiger partial charge in [-0.1, -0.05) is 42.5 Å². The highest BCUT2D eigenvalue weighted by Gasteiger charge is 2.35. The van der Waals surface area contributed by atoms with Gasteiger partial charge in [-0.3, -0.25) is 19.4 Å². The number of phenols is 1. The van der Waals surface area contributed by atoms with E-state index in [1.165, 1.54) is 5.56 Å². The zero-order chi connectivity index (χ0) is 35.8. The van der Waals surface area contributed by atoms with Gasteiger partial charge in [0.2, 0.25) is 6.79 Å². The zero-order valence-electron chi connectivity index (χ0n) is 29.4. The van der Waals surface area contributed by atoms with Gasteiger partial charge >= 0.3 is 0 Å². The average Bonchev–Trinajstić information content (AvgIpc) is 3.79. The quantitative estimate of drug-likeness (QED) is 0.181. The minimum Gasteiger partial charge on any atom is -0.508 e. The molecule has 3 aliphatic rings. The van der Waals surface area contributed by atoms with Crippen molar-refractivity contribution >= 4 is 23.2 Å². The smallest absolute Gasteiger partial charge is 0.264 e. The van der Waals surface area contributed by atoms with E-state index in [2.05, 4.69) is 35.0 Å². The molecule has 10 nitrogen and oxygen atoms in total. The molecule has 3 aliphatic heterocycles. The number of aryl methyl sites for hydroxylation is 1.